The van der Waals surface area contributed by atoms with Crippen LogP contribution in [-0.2, 0) is 11.0 Å². The maximum absolute atomic E-state index is 12.6. The SMILES string of the molecule is CC(C)(C)NC(=O)CNc1cc(NN)nc(C(F)(F)F)n1. The maximum atomic E-state index is 12.6. The predicted molar refractivity (Wildman–Crippen MR) is 71.2 cm³/mol. The molecule has 7 nitrogen and oxygen atoms in total. The standard InChI is InChI=1S/C11H17F3N6O/c1-10(2,3)19-8(21)5-16-6-4-7(20-15)18-9(17-6)11(12,13)14/h4H,5,15H2,1-3H3,(H,19,21)(H2,16,17,18,20). The largest absolute Gasteiger partial charge is 0.451 e. The fourth-order valence-corrected chi connectivity index (χ4v) is 1.37. The monoisotopic (exact) mass is 306 g/mol. The lowest BCUT2D eigenvalue weighted by Gasteiger charge is -2.20. The lowest BCUT2D eigenvalue weighted by molar-refractivity contribution is -0.144. The summed E-state index contributed by atoms with van der Waals surface area (Å²) in [6.07, 6.45) is -4.71. The summed E-state index contributed by atoms with van der Waals surface area (Å²) < 4.78 is 37.8. The van der Waals surface area contributed by atoms with Crippen molar-refractivity contribution in [3.63, 3.8) is 0 Å². The average molecular weight is 306 g/mol. The minimum Gasteiger partial charge on any atom is -0.361 e. The molecule has 0 bridgehead atoms. The van der Waals surface area contributed by atoms with Gasteiger partial charge < -0.3 is 16.1 Å². The molecule has 0 fully saturated rings. The van der Waals surface area contributed by atoms with Crippen molar-refractivity contribution in [1.29, 1.82) is 0 Å². The molecule has 0 aliphatic carbocycles. The number of amides is 1. The molecule has 0 radical (unpaired) electrons. The van der Waals surface area contributed by atoms with E-state index in [0.29, 0.717) is 0 Å². The van der Waals surface area contributed by atoms with E-state index in [0.717, 1.165) is 0 Å². The molecule has 0 spiro atoms. The number of alkyl halides is 3. The Morgan fingerprint density at radius 1 is 1.24 bits per heavy atom. The van der Waals surface area contributed by atoms with Crippen LogP contribution < -0.4 is 21.9 Å². The zero-order valence-corrected chi connectivity index (χ0v) is 11.8. The lowest BCUT2D eigenvalue weighted by Crippen LogP contribution is -2.43. The molecule has 1 aromatic heterocycles. The van der Waals surface area contributed by atoms with Crippen molar-refractivity contribution in [1.82, 2.24) is 15.3 Å². The van der Waals surface area contributed by atoms with E-state index in [1.807, 2.05) is 5.43 Å². The lowest BCUT2D eigenvalue weighted by atomic mass is 10.1. The average Bonchev–Trinajstić information content (AvgIpc) is 2.33. The number of nitrogens with one attached hydrogen (secondary N) is 3. The van der Waals surface area contributed by atoms with E-state index in [4.69, 9.17) is 5.84 Å². The minimum atomic E-state index is -4.71. The Balaban J connectivity index is 2.82. The van der Waals surface area contributed by atoms with Crippen LogP contribution in [0.4, 0.5) is 24.8 Å². The van der Waals surface area contributed by atoms with Gasteiger partial charge >= 0.3 is 6.18 Å². The molecule has 0 aliphatic rings. The number of hydrogen-bond donors (Lipinski definition) is 4. The minimum absolute atomic E-state index is 0.158. The Morgan fingerprint density at radius 2 is 1.81 bits per heavy atom. The molecule has 118 valence electrons. The number of nitrogens with zero attached hydrogens (tertiary/aromatic N) is 2. The summed E-state index contributed by atoms with van der Waals surface area (Å²) in [5.41, 5.74) is 1.58. The first-order valence-corrected chi connectivity index (χ1v) is 5.99. The number of carbonyl (C=O) groups is 1. The highest BCUT2D eigenvalue weighted by molar-refractivity contribution is 5.81. The number of rotatable bonds is 4. The van der Waals surface area contributed by atoms with Gasteiger partial charge in [-0.05, 0) is 20.8 Å². The second kappa shape index (κ2) is 6.12. The number of halogens is 3. The van der Waals surface area contributed by atoms with E-state index >= 15 is 0 Å². The molecule has 1 amide bonds. The quantitative estimate of drug-likeness (QED) is 0.490. The van der Waals surface area contributed by atoms with E-state index in [9.17, 15) is 18.0 Å². The number of nitrogens with two attached hydrogens (primary N) is 1. The molecule has 0 atom stereocenters. The summed E-state index contributed by atoms with van der Waals surface area (Å²) in [6, 6.07) is 1.17. The van der Waals surface area contributed by atoms with Crippen molar-refractivity contribution >= 4 is 17.5 Å². The summed E-state index contributed by atoms with van der Waals surface area (Å²) in [7, 11) is 0. The predicted octanol–water partition coefficient (Wildman–Crippen LogP) is 1.11. The fraction of sp³-hybridized carbons (Fsp3) is 0.545. The number of anilines is 2. The van der Waals surface area contributed by atoms with Crippen LogP contribution in [0.15, 0.2) is 6.07 Å². The molecular formula is C11H17F3N6O. The molecule has 1 aromatic rings. The van der Waals surface area contributed by atoms with Crippen molar-refractivity contribution in [2.24, 2.45) is 5.84 Å². The van der Waals surface area contributed by atoms with Gasteiger partial charge in [-0.2, -0.15) is 13.2 Å². The molecule has 0 unspecified atom stereocenters. The third-order valence-electron chi connectivity index (χ3n) is 2.07. The van der Waals surface area contributed by atoms with Crippen LogP contribution in [0, 0.1) is 0 Å². The Labute approximate surface area is 119 Å². The number of nitrogen functional groups attached to an aromatic ring is 1. The smallest absolute Gasteiger partial charge is 0.361 e. The van der Waals surface area contributed by atoms with Crippen LogP contribution in [0.1, 0.15) is 26.6 Å². The molecule has 1 heterocycles. The fourth-order valence-electron chi connectivity index (χ4n) is 1.37. The molecule has 0 aliphatic heterocycles. The number of hydrazine groups is 1. The van der Waals surface area contributed by atoms with Crippen molar-refractivity contribution in [3.8, 4) is 0 Å². The van der Waals surface area contributed by atoms with E-state index in [1.165, 1.54) is 6.07 Å². The third kappa shape index (κ3) is 5.81. The second-order valence-electron chi connectivity index (χ2n) is 5.26. The van der Waals surface area contributed by atoms with Crippen LogP contribution in [-0.4, -0.2) is 28.0 Å². The van der Waals surface area contributed by atoms with E-state index in [1.54, 1.807) is 20.8 Å². The van der Waals surface area contributed by atoms with Crippen molar-refractivity contribution in [3.05, 3.63) is 11.9 Å². The van der Waals surface area contributed by atoms with E-state index in [2.05, 4.69) is 20.6 Å². The zero-order chi connectivity index (χ0) is 16.3. The molecule has 0 aromatic carbocycles. The first-order valence-electron chi connectivity index (χ1n) is 5.99. The molecular weight excluding hydrogens is 289 g/mol. The Bertz CT molecular complexity index is 512. The second-order valence-corrected chi connectivity index (χ2v) is 5.26. The molecule has 21 heavy (non-hydrogen) atoms. The van der Waals surface area contributed by atoms with Gasteiger partial charge in [0, 0.05) is 11.6 Å². The van der Waals surface area contributed by atoms with E-state index < -0.39 is 17.5 Å². The van der Waals surface area contributed by atoms with Gasteiger partial charge in [-0.25, -0.2) is 15.8 Å². The van der Waals surface area contributed by atoms with Gasteiger partial charge in [-0.15, -0.1) is 0 Å². The summed E-state index contributed by atoms with van der Waals surface area (Å²) >= 11 is 0. The van der Waals surface area contributed by atoms with Gasteiger partial charge in [0.15, 0.2) is 0 Å². The normalized spacial score (nSPS) is 12.0. The topological polar surface area (TPSA) is 105 Å². The Morgan fingerprint density at radius 3 is 2.29 bits per heavy atom. The van der Waals surface area contributed by atoms with Gasteiger partial charge in [0.25, 0.3) is 0 Å². The van der Waals surface area contributed by atoms with Gasteiger partial charge in [0.05, 0.1) is 6.54 Å². The Kier molecular flexibility index (Phi) is 4.94. The first kappa shape index (κ1) is 17.0. The molecule has 0 saturated heterocycles. The van der Waals surface area contributed by atoms with Crippen LogP contribution in [0.3, 0.4) is 0 Å². The molecule has 10 heteroatoms. The van der Waals surface area contributed by atoms with Crippen molar-refractivity contribution in [2.75, 3.05) is 17.3 Å². The first-order chi connectivity index (χ1) is 9.51. The molecule has 1 rings (SSSR count). The van der Waals surface area contributed by atoms with Crippen molar-refractivity contribution in [2.45, 2.75) is 32.5 Å². The summed E-state index contributed by atoms with van der Waals surface area (Å²) in [4.78, 5) is 18.1. The van der Waals surface area contributed by atoms with Gasteiger partial charge in [0.1, 0.15) is 11.6 Å². The highest BCUT2D eigenvalue weighted by Gasteiger charge is 2.35. The van der Waals surface area contributed by atoms with Gasteiger partial charge in [-0.3, -0.25) is 4.79 Å². The highest BCUT2D eigenvalue weighted by atomic mass is 19.4. The molecule has 0 saturated carbocycles. The van der Waals surface area contributed by atoms with Crippen LogP contribution >= 0.6 is 0 Å². The number of hydrogen-bond acceptors (Lipinski definition) is 6. The van der Waals surface area contributed by atoms with Crippen LogP contribution in [0.2, 0.25) is 0 Å². The van der Waals surface area contributed by atoms with Crippen LogP contribution in [0.5, 0.6) is 0 Å². The molecule has 5 N–H and O–H groups in total. The van der Waals surface area contributed by atoms with Gasteiger partial charge in [0.2, 0.25) is 11.7 Å². The number of aromatic nitrogens is 2. The van der Waals surface area contributed by atoms with Gasteiger partial charge in [-0.1, -0.05) is 0 Å². The summed E-state index contributed by atoms with van der Waals surface area (Å²) in [5, 5.41) is 5.15. The maximum Gasteiger partial charge on any atom is 0.451 e. The van der Waals surface area contributed by atoms with Crippen LogP contribution in [0.25, 0.3) is 0 Å². The highest BCUT2D eigenvalue weighted by Crippen LogP contribution is 2.28. The third-order valence-corrected chi connectivity index (χ3v) is 2.07. The number of carbonyl (C=O) groups excluding carboxylic acids is 1. The van der Waals surface area contributed by atoms with E-state index in [-0.39, 0.29) is 24.1 Å². The Hall–Kier alpha value is -2.10. The summed E-state index contributed by atoms with van der Waals surface area (Å²) in [6.45, 7) is 5.13. The zero-order valence-electron chi connectivity index (χ0n) is 11.8. The summed E-state index contributed by atoms with van der Waals surface area (Å²) in [5.74, 6) is 2.96. The van der Waals surface area contributed by atoms with Crippen molar-refractivity contribution < 1.29 is 18.0 Å².